The number of aromatic nitrogens is 3. The Balaban J connectivity index is 1.92. The van der Waals surface area contributed by atoms with E-state index in [0.29, 0.717) is 0 Å². The molecule has 5 heteroatoms. The van der Waals surface area contributed by atoms with Gasteiger partial charge < -0.3 is 10.3 Å². The predicted octanol–water partition coefficient (Wildman–Crippen LogP) is 3.34. The molecule has 100 valence electrons. The minimum absolute atomic E-state index is 0.752. The van der Waals surface area contributed by atoms with Gasteiger partial charge in [-0.25, -0.2) is 4.98 Å². The Labute approximate surface area is 125 Å². The predicted molar refractivity (Wildman–Crippen MR) is 83.1 cm³/mol. The zero-order valence-electron chi connectivity index (χ0n) is 10.7. The maximum absolute atomic E-state index is 5.71. The van der Waals surface area contributed by atoms with Gasteiger partial charge in [0.1, 0.15) is 5.82 Å². The summed E-state index contributed by atoms with van der Waals surface area (Å²) < 4.78 is 3.03. The standard InChI is InChI=1S/C15H13BrN4/c16-13-7-12(8-18-9-13)15-19-5-6-20(15)10-11-1-3-14(17)4-2-11/h1-9H,10,17H2. The second-order valence-corrected chi connectivity index (χ2v) is 5.43. The van der Waals surface area contributed by atoms with E-state index >= 15 is 0 Å². The van der Waals surface area contributed by atoms with Crippen molar-refractivity contribution in [3.8, 4) is 11.4 Å². The highest BCUT2D eigenvalue weighted by molar-refractivity contribution is 9.10. The molecule has 0 fully saturated rings. The lowest BCUT2D eigenvalue weighted by Gasteiger charge is -2.08. The van der Waals surface area contributed by atoms with Crippen molar-refractivity contribution in [1.29, 1.82) is 0 Å². The Kier molecular flexibility index (Phi) is 3.52. The summed E-state index contributed by atoms with van der Waals surface area (Å²) in [6.07, 6.45) is 7.34. The second kappa shape index (κ2) is 5.46. The summed E-state index contributed by atoms with van der Waals surface area (Å²) in [4.78, 5) is 8.60. The number of hydrogen-bond donors (Lipinski definition) is 1. The summed E-state index contributed by atoms with van der Waals surface area (Å²) in [6, 6.07) is 9.88. The molecule has 0 atom stereocenters. The van der Waals surface area contributed by atoms with E-state index in [1.54, 1.807) is 12.4 Å². The van der Waals surface area contributed by atoms with Crippen molar-refractivity contribution >= 4 is 21.6 Å². The van der Waals surface area contributed by atoms with Crippen LogP contribution in [0.5, 0.6) is 0 Å². The molecule has 0 aliphatic heterocycles. The van der Waals surface area contributed by atoms with E-state index in [1.165, 1.54) is 5.56 Å². The monoisotopic (exact) mass is 328 g/mol. The van der Waals surface area contributed by atoms with Crippen LogP contribution < -0.4 is 5.73 Å². The molecule has 1 aromatic carbocycles. The third-order valence-electron chi connectivity index (χ3n) is 3.01. The maximum Gasteiger partial charge on any atom is 0.141 e. The van der Waals surface area contributed by atoms with Gasteiger partial charge in [0.25, 0.3) is 0 Å². The Bertz CT molecular complexity index is 719. The number of imidazole rings is 1. The van der Waals surface area contributed by atoms with Gasteiger partial charge in [-0.05, 0) is 39.7 Å². The fourth-order valence-electron chi connectivity index (χ4n) is 2.05. The normalized spacial score (nSPS) is 10.7. The first-order valence-corrected chi connectivity index (χ1v) is 6.98. The van der Waals surface area contributed by atoms with E-state index in [0.717, 1.165) is 28.1 Å². The van der Waals surface area contributed by atoms with Crippen LogP contribution in [0.25, 0.3) is 11.4 Å². The van der Waals surface area contributed by atoms with Crippen LogP contribution in [0.1, 0.15) is 5.56 Å². The topological polar surface area (TPSA) is 56.7 Å². The van der Waals surface area contributed by atoms with Crippen LogP contribution >= 0.6 is 15.9 Å². The van der Waals surface area contributed by atoms with E-state index in [1.807, 2.05) is 42.7 Å². The van der Waals surface area contributed by atoms with Crippen molar-refractivity contribution < 1.29 is 0 Å². The molecule has 0 aliphatic rings. The largest absolute Gasteiger partial charge is 0.399 e. The SMILES string of the molecule is Nc1ccc(Cn2ccnc2-c2cncc(Br)c2)cc1. The Morgan fingerprint density at radius 2 is 1.95 bits per heavy atom. The molecule has 4 nitrogen and oxygen atoms in total. The van der Waals surface area contributed by atoms with Crippen LogP contribution in [0.3, 0.4) is 0 Å². The van der Waals surface area contributed by atoms with E-state index in [2.05, 4.69) is 30.5 Å². The lowest BCUT2D eigenvalue weighted by atomic mass is 10.2. The van der Waals surface area contributed by atoms with Crippen molar-refractivity contribution in [3.63, 3.8) is 0 Å². The zero-order valence-corrected chi connectivity index (χ0v) is 12.3. The van der Waals surface area contributed by atoms with Gasteiger partial charge in [0.2, 0.25) is 0 Å². The molecule has 3 rings (SSSR count). The van der Waals surface area contributed by atoms with Crippen LogP contribution in [0.4, 0.5) is 5.69 Å². The van der Waals surface area contributed by atoms with Crippen LogP contribution in [0.15, 0.2) is 59.6 Å². The lowest BCUT2D eigenvalue weighted by molar-refractivity contribution is 0.806. The third-order valence-corrected chi connectivity index (χ3v) is 3.44. The van der Waals surface area contributed by atoms with Gasteiger partial charge in [0.05, 0.1) is 0 Å². The van der Waals surface area contributed by atoms with Crippen molar-refractivity contribution in [2.75, 3.05) is 5.73 Å². The van der Waals surface area contributed by atoms with Gasteiger partial charge in [0.15, 0.2) is 0 Å². The number of anilines is 1. The number of nitrogens with two attached hydrogens (primary N) is 1. The van der Waals surface area contributed by atoms with Crippen LogP contribution in [-0.4, -0.2) is 14.5 Å². The first-order chi connectivity index (χ1) is 9.72. The molecule has 2 heterocycles. The second-order valence-electron chi connectivity index (χ2n) is 4.51. The highest BCUT2D eigenvalue weighted by atomic mass is 79.9. The molecule has 0 radical (unpaired) electrons. The van der Waals surface area contributed by atoms with Crippen molar-refractivity contribution in [2.45, 2.75) is 6.54 Å². The van der Waals surface area contributed by atoms with Gasteiger partial charge in [0, 0.05) is 47.1 Å². The number of pyridine rings is 1. The summed E-state index contributed by atoms with van der Waals surface area (Å²) in [5.41, 5.74) is 8.65. The summed E-state index contributed by atoms with van der Waals surface area (Å²) in [7, 11) is 0. The molecule has 20 heavy (non-hydrogen) atoms. The first-order valence-electron chi connectivity index (χ1n) is 6.19. The molecule has 0 amide bonds. The zero-order chi connectivity index (χ0) is 13.9. The quantitative estimate of drug-likeness (QED) is 0.750. The molecule has 2 N–H and O–H groups in total. The number of rotatable bonds is 3. The fourth-order valence-corrected chi connectivity index (χ4v) is 2.42. The van der Waals surface area contributed by atoms with E-state index in [-0.39, 0.29) is 0 Å². The highest BCUT2D eigenvalue weighted by Crippen LogP contribution is 2.21. The van der Waals surface area contributed by atoms with Crippen LogP contribution in [0.2, 0.25) is 0 Å². The summed E-state index contributed by atoms with van der Waals surface area (Å²) in [5.74, 6) is 0.899. The lowest BCUT2D eigenvalue weighted by Crippen LogP contribution is -2.01. The first kappa shape index (κ1) is 12.9. The van der Waals surface area contributed by atoms with E-state index in [4.69, 9.17) is 5.73 Å². The maximum atomic E-state index is 5.71. The van der Waals surface area contributed by atoms with Gasteiger partial charge in [-0.1, -0.05) is 12.1 Å². The van der Waals surface area contributed by atoms with E-state index < -0.39 is 0 Å². The molecule has 0 spiro atoms. The number of nitrogens with zero attached hydrogens (tertiary/aromatic N) is 3. The molecule has 0 bridgehead atoms. The minimum atomic E-state index is 0.752. The number of halogens is 1. The summed E-state index contributed by atoms with van der Waals surface area (Å²) in [5, 5.41) is 0. The van der Waals surface area contributed by atoms with Crippen molar-refractivity contribution in [3.05, 3.63) is 65.2 Å². The van der Waals surface area contributed by atoms with Crippen LogP contribution in [0, 0.1) is 0 Å². The average molecular weight is 329 g/mol. The molecule has 0 saturated heterocycles. The number of nitrogen functional groups attached to an aromatic ring is 1. The average Bonchev–Trinajstić information content (AvgIpc) is 2.89. The molecule has 0 unspecified atom stereocenters. The summed E-state index contributed by atoms with van der Waals surface area (Å²) in [6.45, 7) is 0.752. The molecular weight excluding hydrogens is 316 g/mol. The highest BCUT2D eigenvalue weighted by Gasteiger charge is 2.07. The number of hydrogen-bond acceptors (Lipinski definition) is 3. The Morgan fingerprint density at radius 1 is 1.15 bits per heavy atom. The van der Waals surface area contributed by atoms with Crippen molar-refractivity contribution in [1.82, 2.24) is 14.5 Å². The van der Waals surface area contributed by atoms with E-state index in [9.17, 15) is 0 Å². The smallest absolute Gasteiger partial charge is 0.141 e. The fraction of sp³-hybridized carbons (Fsp3) is 0.0667. The van der Waals surface area contributed by atoms with Gasteiger partial charge in [-0.2, -0.15) is 0 Å². The third kappa shape index (κ3) is 2.72. The van der Waals surface area contributed by atoms with Crippen molar-refractivity contribution in [2.24, 2.45) is 0 Å². The number of benzene rings is 1. The molecule has 0 aliphatic carbocycles. The summed E-state index contributed by atoms with van der Waals surface area (Å²) >= 11 is 3.43. The molecular formula is C15H13BrN4. The molecule has 2 aromatic heterocycles. The molecule has 3 aromatic rings. The Morgan fingerprint density at radius 3 is 2.70 bits per heavy atom. The van der Waals surface area contributed by atoms with Crippen LogP contribution in [-0.2, 0) is 6.54 Å². The van der Waals surface area contributed by atoms with Gasteiger partial charge in [-0.15, -0.1) is 0 Å². The molecule has 0 saturated carbocycles. The van der Waals surface area contributed by atoms with Gasteiger partial charge >= 0.3 is 0 Å². The van der Waals surface area contributed by atoms with Gasteiger partial charge in [-0.3, -0.25) is 4.98 Å². The minimum Gasteiger partial charge on any atom is -0.399 e. The Hall–Kier alpha value is -2.14.